The lowest BCUT2D eigenvalue weighted by Gasteiger charge is -2.18. The number of benzene rings is 1. The molecule has 0 saturated heterocycles. The Morgan fingerprint density at radius 2 is 2.12 bits per heavy atom. The Hall–Kier alpha value is -2.42. The maximum Gasteiger partial charge on any atom is 0.345 e. The summed E-state index contributed by atoms with van der Waals surface area (Å²) in [4.78, 5) is 13.1. The van der Waals surface area contributed by atoms with Crippen molar-refractivity contribution in [2.45, 2.75) is 0 Å². The van der Waals surface area contributed by atoms with Crippen LogP contribution in [-0.2, 0) is 0 Å². The van der Waals surface area contributed by atoms with E-state index in [1.807, 2.05) is 6.07 Å². The molecule has 2 rings (SSSR count). The maximum absolute atomic E-state index is 11.7. The van der Waals surface area contributed by atoms with Gasteiger partial charge >= 0.3 is 6.03 Å². The molecule has 0 saturated carbocycles. The Balaban J connectivity index is 2.58. The van der Waals surface area contributed by atoms with Gasteiger partial charge in [-0.25, -0.2) is 4.79 Å². The van der Waals surface area contributed by atoms with E-state index in [4.69, 9.17) is 5.26 Å². The molecule has 0 radical (unpaired) electrons. The molecule has 0 N–H and O–H groups in total. The quantitative estimate of drug-likeness (QED) is 0.664. The van der Waals surface area contributed by atoms with Gasteiger partial charge in [-0.1, -0.05) is 5.22 Å². The Kier molecular flexibility index (Phi) is 2.29. The SMILES string of the molecule is CN1N=Nc2ccc(C#N)cc2N(C)C1=O. The number of amides is 2. The van der Waals surface area contributed by atoms with E-state index in [9.17, 15) is 4.79 Å². The topological polar surface area (TPSA) is 72.1 Å². The lowest BCUT2D eigenvalue weighted by Crippen LogP contribution is -2.34. The summed E-state index contributed by atoms with van der Waals surface area (Å²) in [5.74, 6) is 0. The number of nitrogens with zero attached hydrogens (tertiary/aromatic N) is 5. The average molecular weight is 215 g/mol. The van der Waals surface area contributed by atoms with Gasteiger partial charge in [-0.3, -0.25) is 4.90 Å². The number of urea groups is 1. The molecule has 0 aliphatic carbocycles. The van der Waals surface area contributed by atoms with E-state index in [1.54, 1.807) is 25.2 Å². The van der Waals surface area contributed by atoms with Crippen LogP contribution in [0, 0.1) is 11.3 Å². The highest BCUT2D eigenvalue weighted by atomic mass is 16.2. The van der Waals surface area contributed by atoms with E-state index in [2.05, 4.69) is 10.3 Å². The van der Waals surface area contributed by atoms with E-state index in [0.29, 0.717) is 16.9 Å². The highest BCUT2D eigenvalue weighted by Gasteiger charge is 2.21. The molecule has 6 nitrogen and oxygen atoms in total. The van der Waals surface area contributed by atoms with Gasteiger partial charge in [0, 0.05) is 14.1 Å². The summed E-state index contributed by atoms with van der Waals surface area (Å²) >= 11 is 0. The minimum Gasteiger partial charge on any atom is -0.294 e. The van der Waals surface area contributed by atoms with Gasteiger partial charge in [-0.2, -0.15) is 10.3 Å². The largest absolute Gasteiger partial charge is 0.345 e. The van der Waals surface area contributed by atoms with Crippen molar-refractivity contribution in [3.63, 3.8) is 0 Å². The van der Waals surface area contributed by atoms with Crippen molar-refractivity contribution in [1.29, 1.82) is 5.26 Å². The van der Waals surface area contributed by atoms with Crippen LogP contribution in [0.4, 0.5) is 16.2 Å². The third kappa shape index (κ3) is 1.48. The fourth-order valence-corrected chi connectivity index (χ4v) is 1.42. The second-order valence-electron chi connectivity index (χ2n) is 3.37. The normalized spacial score (nSPS) is 14.4. The molecule has 1 heterocycles. The first kappa shape index (κ1) is 10.1. The summed E-state index contributed by atoms with van der Waals surface area (Å²) in [7, 11) is 3.15. The summed E-state index contributed by atoms with van der Waals surface area (Å²) < 4.78 is 0. The predicted molar refractivity (Wildman–Crippen MR) is 57.2 cm³/mol. The first-order valence-electron chi connectivity index (χ1n) is 4.60. The molecule has 1 aromatic rings. The number of nitriles is 1. The molecule has 1 aliphatic rings. The van der Waals surface area contributed by atoms with E-state index < -0.39 is 0 Å². The van der Waals surface area contributed by atoms with Crippen LogP contribution in [0.15, 0.2) is 28.5 Å². The molecule has 0 spiro atoms. The number of carbonyl (C=O) groups is 1. The zero-order valence-electron chi connectivity index (χ0n) is 8.88. The molecule has 0 bridgehead atoms. The molecular weight excluding hydrogens is 206 g/mol. The van der Waals surface area contributed by atoms with Crippen LogP contribution >= 0.6 is 0 Å². The van der Waals surface area contributed by atoms with E-state index >= 15 is 0 Å². The fraction of sp³-hybridized carbons (Fsp3) is 0.200. The maximum atomic E-state index is 11.7. The predicted octanol–water partition coefficient (Wildman–Crippen LogP) is 2.06. The third-order valence-corrected chi connectivity index (χ3v) is 2.32. The molecule has 2 amide bonds. The van der Waals surface area contributed by atoms with Crippen molar-refractivity contribution >= 4 is 17.4 Å². The first-order chi connectivity index (χ1) is 7.63. The van der Waals surface area contributed by atoms with Gasteiger partial charge in [0.1, 0.15) is 5.69 Å². The van der Waals surface area contributed by atoms with Crippen LogP contribution < -0.4 is 4.90 Å². The molecule has 16 heavy (non-hydrogen) atoms. The van der Waals surface area contributed by atoms with Crippen LogP contribution in [0.1, 0.15) is 5.56 Å². The van der Waals surface area contributed by atoms with E-state index in [1.165, 1.54) is 11.9 Å². The monoisotopic (exact) mass is 215 g/mol. The van der Waals surface area contributed by atoms with Crippen LogP contribution in [0.25, 0.3) is 0 Å². The molecule has 0 unspecified atom stereocenters. The summed E-state index contributed by atoms with van der Waals surface area (Å²) in [6.45, 7) is 0. The average Bonchev–Trinajstić information content (AvgIpc) is 2.42. The van der Waals surface area contributed by atoms with Gasteiger partial charge in [0.15, 0.2) is 0 Å². The van der Waals surface area contributed by atoms with Gasteiger partial charge in [0.05, 0.1) is 17.3 Å². The summed E-state index contributed by atoms with van der Waals surface area (Å²) in [6.07, 6.45) is 0. The van der Waals surface area contributed by atoms with E-state index in [-0.39, 0.29) is 6.03 Å². The summed E-state index contributed by atoms with van der Waals surface area (Å²) in [5.41, 5.74) is 1.63. The third-order valence-electron chi connectivity index (χ3n) is 2.32. The lowest BCUT2D eigenvalue weighted by atomic mass is 10.2. The van der Waals surface area contributed by atoms with Crippen LogP contribution in [0.3, 0.4) is 0 Å². The number of carbonyl (C=O) groups excluding carboxylic acids is 1. The number of fused-ring (bicyclic) bond motifs is 1. The van der Waals surface area contributed by atoms with E-state index in [0.717, 1.165) is 5.01 Å². The highest BCUT2D eigenvalue weighted by Crippen LogP contribution is 2.31. The number of rotatable bonds is 0. The second-order valence-corrected chi connectivity index (χ2v) is 3.37. The molecule has 1 aromatic carbocycles. The Labute approximate surface area is 92.4 Å². The first-order valence-corrected chi connectivity index (χ1v) is 4.60. The van der Waals surface area contributed by atoms with Gasteiger partial charge in [0.25, 0.3) is 0 Å². The Morgan fingerprint density at radius 1 is 1.38 bits per heavy atom. The highest BCUT2D eigenvalue weighted by molar-refractivity contribution is 5.95. The number of anilines is 1. The lowest BCUT2D eigenvalue weighted by molar-refractivity contribution is 0.216. The fourth-order valence-electron chi connectivity index (χ4n) is 1.42. The molecule has 6 heteroatoms. The van der Waals surface area contributed by atoms with Gasteiger partial charge < -0.3 is 0 Å². The molecule has 0 aromatic heterocycles. The molecule has 1 aliphatic heterocycles. The molecule has 0 atom stereocenters. The number of hydrogen-bond acceptors (Lipinski definition) is 4. The molecule has 80 valence electrons. The standard InChI is InChI=1S/C10H9N5O/c1-14-9-5-7(6-11)3-4-8(9)12-13-15(2)10(14)16/h3-5H,1-2H3. The second kappa shape index (κ2) is 3.62. The van der Waals surface area contributed by atoms with Crippen molar-refractivity contribution in [3.05, 3.63) is 23.8 Å². The molecule has 0 fully saturated rings. The van der Waals surface area contributed by atoms with Crippen molar-refractivity contribution in [2.24, 2.45) is 10.3 Å². The van der Waals surface area contributed by atoms with Crippen molar-refractivity contribution < 1.29 is 4.79 Å². The van der Waals surface area contributed by atoms with Gasteiger partial charge in [0.2, 0.25) is 0 Å². The zero-order valence-corrected chi connectivity index (χ0v) is 8.88. The summed E-state index contributed by atoms with van der Waals surface area (Å²) in [6, 6.07) is 6.65. The minimum atomic E-state index is -0.294. The Morgan fingerprint density at radius 3 is 2.81 bits per heavy atom. The molecular formula is C10H9N5O. The zero-order chi connectivity index (χ0) is 11.7. The van der Waals surface area contributed by atoms with Gasteiger partial charge in [-0.05, 0) is 18.2 Å². The van der Waals surface area contributed by atoms with Crippen molar-refractivity contribution in [1.82, 2.24) is 5.01 Å². The number of hydrogen-bond donors (Lipinski definition) is 0. The van der Waals surface area contributed by atoms with Crippen LogP contribution in [0.5, 0.6) is 0 Å². The summed E-state index contributed by atoms with van der Waals surface area (Å²) in [5, 5.41) is 17.6. The smallest absolute Gasteiger partial charge is 0.294 e. The van der Waals surface area contributed by atoms with Crippen molar-refractivity contribution in [3.8, 4) is 6.07 Å². The van der Waals surface area contributed by atoms with Crippen molar-refractivity contribution in [2.75, 3.05) is 19.0 Å². The van der Waals surface area contributed by atoms with Crippen LogP contribution in [0.2, 0.25) is 0 Å². The van der Waals surface area contributed by atoms with Gasteiger partial charge in [-0.15, -0.1) is 5.11 Å². The Bertz CT molecular complexity index is 516. The van der Waals surface area contributed by atoms with Crippen LogP contribution in [-0.4, -0.2) is 25.1 Å². The minimum absolute atomic E-state index is 0.294.